The summed E-state index contributed by atoms with van der Waals surface area (Å²) in [5.74, 6) is 0.767. The first-order valence-electron chi connectivity index (χ1n) is 9.62. The van der Waals surface area contributed by atoms with Crippen LogP contribution < -0.4 is 5.32 Å². The van der Waals surface area contributed by atoms with Gasteiger partial charge in [-0.2, -0.15) is 0 Å². The molecule has 0 aliphatic carbocycles. The van der Waals surface area contributed by atoms with Gasteiger partial charge >= 0.3 is 0 Å². The normalized spacial score (nSPS) is 11.0. The van der Waals surface area contributed by atoms with E-state index in [1.54, 1.807) is 0 Å². The van der Waals surface area contributed by atoms with E-state index in [4.69, 9.17) is 0 Å². The summed E-state index contributed by atoms with van der Waals surface area (Å²) in [5.41, 5.74) is 5.21. The molecule has 2 aromatic rings. The minimum Gasteiger partial charge on any atom is -0.356 e. The summed E-state index contributed by atoms with van der Waals surface area (Å²) in [7, 11) is 0. The van der Waals surface area contributed by atoms with Crippen molar-refractivity contribution < 1.29 is 0 Å². The third-order valence-electron chi connectivity index (χ3n) is 4.53. The number of rotatable bonds is 10. The monoisotopic (exact) mass is 323 g/mol. The van der Waals surface area contributed by atoms with Crippen LogP contribution in [0.5, 0.6) is 0 Å². The summed E-state index contributed by atoms with van der Waals surface area (Å²) in [6.45, 7) is 6.82. The van der Waals surface area contributed by atoms with Crippen LogP contribution in [0.3, 0.4) is 0 Å². The summed E-state index contributed by atoms with van der Waals surface area (Å²) >= 11 is 0. The zero-order chi connectivity index (χ0) is 17.2. The van der Waals surface area contributed by atoms with Crippen LogP contribution in [-0.2, 0) is 12.8 Å². The number of unbranched alkanes of at least 4 members (excludes halogenated alkanes) is 3. The molecule has 130 valence electrons. The van der Waals surface area contributed by atoms with Crippen molar-refractivity contribution in [2.24, 2.45) is 5.92 Å². The number of nitrogens with one attached hydrogen (secondary N) is 1. The first-order chi connectivity index (χ1) is 11.7. The van der Waals surface area contributed by atoms with Crippen LogP contribution >= 0.6 is 0 Å². The van der Waals surface area contributed by atoms with E-state index < -0.39 is 0 Å². The minimum atomic E-state index is 0.767. The van der Waals surface area contributed by atoms with Gasteiger partial charge in [-0.25, -0.2) is 0 Å². The fraction of sp³-hybridized carbons (Fsp3) is 0.478. The summed E-state index contributed by atoms with van der Waals surface area (Å²) in [4.78, 5) is 0. The molecule has 0 bridgehead atoms. The Morgan fingerprint density at radius 2 is 1.25 bits per heavy atom. The average molecular weight is 324 g/mol. The van der Waals surface area contributed by atoms with Crippen LogP contribution in [0.25, 0.3) is 0 Å². The second-order valence-electron chi connectivity index (χ2n) is 7.26. The van der Waals surface area contributed by atoms with Crippen molar-refractivity contribution >= 4 is 11.4 Å². The van der Waals surface area contributed by atoms with Crippen LogP contribution in [-0.4, -0.2) is 0 Å². The Morgan fingerprint density at radius 3 is 1.75 bits per heavy atom. The van der Waals surface area contributed by atoms with E-state index in [-0.39, 0.29) is 0 Å². The standard InChI is InChI=1S/C23H33N/c1-4-5-6-7-8-20-11-15-22(16-12-20)24-23-17-13-21(14-18-23)10-9-19(2)3/h11-19,24H,4-10H2,1-3H3. The minimum absolute atomic E-state index is 0.767. The number of hydrogen-bond donors (Lipinski definition) is 1. The molecule has 0 aromatic heterocycles. The lowest BCUT2D eigenvalue weighted by atomic mass is 10.0. The van der Waals surface area contributed by atoms with Crippen LogP contribution in [0.2, 0.25) is 0 Å². The second kappa shape index (κ2) is 10.2. The third-order valence-corrected chi connectivity index (χ3v) is 4.53. The topological polar surface area (TPSA) is 12.0 Å². The van der Waals surface area contributed by atoms with E-state index in [1.165, 1.54) is 67.4 Å². The molecule has 0 spiro atoms. The van der Waals surface area contributed by atoms with E-state index in [1.807, 2.05) is 0 Å². The zero-order valence-corrected chi connectivity index (χ0v) is 15.6. The Balaban J connectivity index is 1.82. The molecule has 0 heterocycles. The molecule has 0 fully saturated rings. The van der Waals surface area contributed by atoms with Gasteiger partial charge in [-0.1, -0.05) is 64.3 Å². The maximum Gasteiger partial charge on any atom is 0.0384 e. The fourth-order valence-electron chi connectivity index (χ4n) is 2.89. The van der Waals surface area contributed by atoms with Crippen molar-refractivity contribution in [2.45, 2.75) is 65.7 Å². The van der Waals surface area contributed by atoms with E-state index in [9.17, 15) is 0 Å². The molecule has 1 N–H and O–H groups in total. The fourth-order valence-corrected chi connectivity index (χ4v) is 2.89. The van der Waals surface area contributed by atoms with Crippen molar-refractivity contribution in [1.29, 1.82) is 0 Å². The van der Waals surface area contributed by atoms with Crippen molar-refractivity contribution in [1.82, 2.24) is 0 Å². The highest BCUT2D eigenvalue weighted by molar-refractivity contribution is 5.60. The molecule has 2 aromatic carbocycles. The number of aryl methyl sites for hydroxylation is 2. The van der Waals surface area contributed by atoms with E-state index in [0.29, 0.717) is 0 Å². The molecule has 0 radical (unpaired) electrons. The van der Waals surface area contributed by atoms with Gasteiger partial charge in [-0.3, -0.25) is 0 Å². The molecular weight excluding hydrogens is 290 g/mol. The Labute approximate surface area is 148 Å². The van der Waals surface area contributed by atoms with Gasteiger partial charge in [0.05, 0.1) is 0 Å². The van der Waals surface area contributed by atoms with Crippen molar-refractivity contribution in [3.63, 3.8) is 0 Å². The van der Waals surface area contributed by atoms with Crippen LogP contribution in [0, 0.1) is 5.92 Å². The lowest BCUT2D eigenvalue weighted by molar-refractivity contribution is 0.587. The molecule has 0 saturated carbocycles. The first-order valence-corrected chi connectivity index (χ1v) is 9.62. The summed E-state index contributed by atoms with van der Waals surface area (Å²) in [6.07, 6.45) is 8.94. The SMILES string of the molecule is CCCCCCc1ccc(Nc2ccc(CCC(C)C)cc2)cc1. The van der Waals surface area contributed by atoms with Crippen molar-refractivity contribution in [3.05, 3.63) is 59.7 Å². The zero-order valence-electron chi connectivity index (χ0n) is 15.6. The van der Waals surface area contributed by atoms with E-state index in [0.717, 1.165) is 5.92 Å². The highest BCUT2D eigenvalue weighted by Crippen LogP contribution is 2.19. The van der Waals surface area contributed by atoms with Gasteiger partial charge in [0.25, 0.3) is 0 Å². The quantitative estimate of drug-likeness (QED) is 0.458. The highest BCUT2D eigenvalue weighted by Gasteiger charge is 1.99. The summed E-state index contributed by atoms with van der Waals surface area (Å²) in [5, 5.41) is 3.50. The third kappa shape index (κ3) is 6.78. The maximum atomic E-state index is 3.50. The molecule has 0 aliphatic rings. The van der Waals surface area contributed by atoms with E-state index in [2.05, 4.69) is 74.6 Å². The summed E-state index contributed by atoms with van der Waals surface area (Å²) < 4.78 is 0. The Hall–Kier alpha value is -1.76. The number of anilines is 2. The first kappa shape index (κ1) is 18.6. The van der Waals surface area contributed by atoms with Crippen LogP contribution in [0.15, 0.2) is 48.5 Å². The predicted octanol–water partition coefficient (Wildman–Crippen LogP) is 7.14. The highest BCUT2D eigenvalue weighted by atomic mass is 14.9. The van der Waals surface area contributed by atoms with Crippen LogP contribution in [0.1, 0.15) is 64.0 Å². The van der Waals surface area contributed by atoms with Gasteiger partial charge in [0.1, 0.15) is 0 Å². The molecule has 1 heteroatoms. The van der Waals surface area contributed by atoms with E-state index >= 15 is 0 Å². The molecule has 0 saturated heterocycles. The second-order valence-corrected chi connectivity index (χ2v) is 7.26. The van der Waals surface area contributed by atoms with Crippen molar-refractivity contribution in [2.75, 3.05) is 5.32 Å². The predicted molar refractivity (Wildman–Crippen MR) is 107 cm³/mol. The Bertz CT molecular complexity index is 566. The van der Waals surface area contributed by atoms with Gasteiger partial charge in [-0.15, -0.1) is 0 Å². The van der Waals surface area contributed by atoms with Gasteiger partial charge in [0.15, 0.2) is 0 Å². The number of hydrogen-bond acceptors (Lipinski definition) is 1. The molecule has 24 heavy (non-hydrogen) atoms. The van der Waals surface area contributed by atoms with Gasteiger partial charge in [0.2, 0.25) is 0 Å². The summed E-state index contributed by atoms with van der Waals surface area (Å²) in [6, 6.07) is 17.8. The largest absolute Gasteiger partial charge is 0.356 e. The number of benzene rings is 2. The maximum absolute atomic E-state index is 3.50. The Kier molecular flexibility index (Phi) is 7.88. The molecule has 0 amide bonds. The smallest absolute Gasteiger partial charge is 0.0384 e. The van der Waals surface area contributed by atoms with Gasteiger partial charge in [-0.05, 0) is 67.0 Å². The molecule has 0 aliphatic heterocycles. The van der Waals surface area contributed by atoms with Crippen molar-refractivity contribution in [3.8, 4) is 0 Å². The van der Waals surface area contributed by atoms with Crippen LogP contribution in [0.4, 0.5) is 11.4 Å². The van der Waals surface area contributed by atoms with Gasteiger partial charge in [0, 0.05) is 11.4 Å². The van der Waals surface area contributed by atoms with Gasteiger partial charge < -0.3 is 5.32 Å². The molecule has 0 unspecified atom stereocenters. The molecule has 0 atom stereocenters. The molecule has 1 nitrogen and oxygen atoms in total. The molecular formula is C23H33N. The Morgan fingerprint density at radius 1 is 0.708 bits per heavy atom. The average Bonchev–Trinajstić information content (AvgIpc) is 2.59. The molecule has 2 rings (SSSR count). The lowest BCUT2D eigenvalue weighted by Crippen LogP contribution is -1.94. The lowest BCUT2D eigenvalue weighted by Gasteiger charge is -2.09.